The molecule has 3 heteroatoms. The number of nitrogens with zero attached hydrogens (tertiary/aromatic N) is 2. The van der Waals surface area contributed by atoms with Gasteiger partial charge in [0, 0.05) is 25.8 Å². The van der Waals surface area contributed by atoms with Gasteiger partial charge in [-0.15, -0.1) is 0 Å². The number of hydrogen-bond donors (Lipinski definition) is 1. The van der Waals surface area contributed by atoms with Gasteiger partial charge in [0.2, 0.25) is 0 Å². The predicted molar refractivity (Wildman–Crippen MR) is 58.4 cm³/mol. The van der Waals surface area contributed by atoms with E-state index in [1.54, 1.807) is 0 Å². The van der Waals surface area contributed by atoms with E-state index in [0.717, 1.165) is 12.6 Å². The molecule has 1 fully saturated rings. The number of nitrogens with one attached hydrogen (secondary N) is 1. The third kappa shape index (κ3) is 1.87. The molecule has 1 aromatic heterocycles. The largest absolute Gasteiger partial charge is 0.370 e. The second-order valence-electron chi connectivity index (χ2n) is 3.88. The molecule has 0 radical (unpaired) electrons. The van der Waals surface area contributed by atoms with Crippen molar-refractivity contribution in [2.45, 2.75) is 25.4 Å². The molecule has 2 rings (SSSR count). The molecule has 1 aliphatic rings. The fraction of sp³-hybridized carbons (Fsp3) is 0.545. The molecule has 0 aliphatic heterocycles. The van der Waals surface area contributed by atoms with Crippen LogP contribution in [0.1, 0.15) is 18.4 Å². The number of aromatic nitrogens is 1. The van der Waals surface area contributed by atoms with Crippen molar-refractivity contribution in [2.75, 3.05) is 19.0 Å². The van der Waals surface area contributed by atoms with Crippen LogP contribution in [0.25, 0.3) is 0 Å². The second kappa shape index (κ2) is 3.96. The van der Waals surface area contributed by atoms with Crippen LogP contribution in [0.15, 0.2) is 18.5 Å². The summed E-state index contributed by atoms with van der Waals surface area (Å²) in [6, 6.07) is 2.83. The fourth-order valence-electron chi connectivity index (χ4n) is 1.73. The quantitative estimate of drug-likeness (QED) is 0.779. The molecule has 1 N–H and O–H groups in total. The Morgan fingerprint density at radius 3 is 3.00 bits per heavy atom. The lowest BCUT2D eigenvalue weighted by molar-refractivity contribution is 0.801. The lowest BCUT2D eigenvalue weighted by atomic mass is 10.2. The van der Waals surface area contributed by atoms with Crippen LogP contribution < -0.4 is 10.2 Å². The fourth-order valence-corrected chi connectivity index (χ4v) is 1.73. The van der Waals surface area contributed by atoms with Gasteiger partial charge in [0.1, 0.15) is 0 Å². The van der Waals surface area contributed by atoms with Gasteiger partial charge >= 0.3 is 0 Å². The minimum absolute atomic E-state index is 0.745. The summed E-state index contributed by atoms with van der Waals surface area (Å²) in [5, 5.41) is 3.18. The van der Waals surface area contributed by atoms with Gasteiger partial charge in [-0.3, -0.25) is 4.98 Å². The summed E-state index contributed by atoms with van der Waals surface area (Å²) in [6.07, 6.45) is 6.47. The minimum Gasteiger partial charge on any atom is -0.370 e. The maximum absolute atomic E-state index is 4.19. The van der Waals surface area contributed by atoms with Crippen LogP contribution in [0.5, 0.6) is 0 Å². The summed E-state index contributed by atoms with van der Waals surface area (Å²) < 4.78 is 0. The van der Waals surface area contributed by atoms with Crippen molar-refractivity contribution in [1.82, 2.24) is 10.3 Å². The van der Waals surface area contributed by atoms with Gasteiger partial charge in [0.05, 0.1) is 11.9 Å². The van der Waals surface area contributed by atoms with E-state index in [1.165, 1.54) is 24.1 Å². The topological polar surface area (TPSA) is 28.2 Å². The van der Waals surface area contributed by atoms with Crippen molar-refractivity contribution in [3.63, 3.8) is 0 Å². The van der Waals surface area contributed by atoms with Crippen LogP contribution in [0.2, 0.25) is 0 Å². The zero-order chi connectivity index (χ0) is 9.97. The lowest BCUT2D eigenvalue weighted by Crippen LogP contribution is -2.22. The maximum atomic E-state index is 4.19. The van der Waals surface area contributed by atoms with Crippen molar-refractivity contribution in [3.8, 4) is 0 Å². The molecule has 1 heterocycles. The Bertz CT molecular complexity index is 307. The molecule has 0 aromatic carbocycles. The van der Waals surface area contributed by atoms with Gasteiger partial charge < -0.3 is 10.2 Å². The molecule has 0 atom stereocenters. The van der Waals surface area contributed by atoms with Gasteiger partial charge in [-0.2, -0.15) is 0 Å². The van der Waals surface area contributed by atoms with E-state index in [4.69, 9.17) is 0 Å². The van der Waals surface area contributed by atoms with E-state index >= 15 is 0 Å². The molecule has 1 saturated carbocycles. The number of hydrogen-bond acceptors (Lipinski definition) is 3. The zero-order valence-electron chi connectivity index (χ0n) is 8.83. The highest BCUT2D eigenvalue weighted by Gasteiger charge is 2.27. The van der Waals surface area contributed by atoms with Crippen LogP contribution in [-0.4, -0.2) is 25.1 Å². The second-order valence-corrected chi connectivity index (χ2v) is 3.88. The number of anilines is 1. The van der Waals surface area contributed by atoms with Crippen molar-refractivity contribution in [2.24, 2.45) is 0 Å². The average molecular weight is 191 g/mol. The predicted octanol–water partition coefficient (Wildman–Crippen LogP) is 1.40. The Morgan fingerprint density at radius 2 is 2.36 bits per heavy atom. The molecule has 0 saturated heterocycles. The van der Waals surface area contributed by atoms with Crippen molar-refractivity contribution in [1.29, 1.82) is 0 Å². The molecule has 1 aromatic rings. The lowest BCUT2D eigenvalue weighted by Gasteiger charge is -2.21. The molecule has 0 bridgehead atoms. The highest BCUT2D eigenvalue weighted by molar-refractivity contribution is 5.52. The molecule has 76 valence electrons. The van der Waals surface area contributed by atoms with Crippen molar-refractivity contribution in [3.05, 3.63) is 24.0 Å². The van der Waals surface area contributed by atoms with E-state index in [2.05, 4.69) is 28.3 Å². The Hall–Kier alpha value is -1.09. The summed E-state index contributed by atoms with van der Waals surface area (Å²) >= 11 is 0. The first-order chi connectivity index (χ1) is 6.83. The highest BCUT2D eigenvalue weighted by Crippen LogP contribution is 2.31. The average Bonchev–Trinajstić information content (AvgIpc) is 3.01. The SMILES string of the molecule is CNCc1ccncc1N(C)C1CC1. The summed E-state index contributed by atoms with van der Waals surface area (Å²) in [7, 11) is 4.13. The molecular weight excluding hydrogens is 174 g/mol. The molecule has 14 heavy (non-hydrogen) atoms. The van der Waals surface area contributed by atoms with Gasteiger partial charge in [-0.05, 0) is 31.5 Å². The number of pyridine rings is 1. The standard InChI is InChI=1S/C11H17N3/c1-12-7-9-5-6-13-8-11(9)14(2)10-3-4-10/h5-6,8,10,12H,3-4,7H2,1-2H3. The molecule has 0 amide bonds. The van der Waals surface area contributed by atoms with Crippen LogP contribution in [0.3, 0.4) is 0 Å². The molecule has 0 unspecified atom stereocenters. The summed E-state index contributed by atoms with van der Waals surface area (Å²) in [6.45, 7) is 0.912. The first-order valence-corrected chi connectivity index (χ1v) is 5.13. The summed E-state index contributed by atoms with van der Waals surface area (Å²) in [5.74, 6) is 0. The first kappa shape index (κ1) is 9.46. The summed E-state index contributed by atoms with van der Waals surface area (Å²) in [4.78, 5) is 6.54. The van der Waals surface area contributed by atoms with Crippen LogP contribution in [0, 0.1) is 0 Å². The third-order valence-electron chi connectivity index (χ3n) is 2.73. The molecule has 0 spiro atoms. The molecular formula is C11H17N3. The van der Waals surface area contributed by atoms with Gasteiger partial charge in [-0.1, -0.05) is 0 Å². The Kier molecular flexibility index (Phi) is 2.68. The van der Waals surface area contributed by atoms with Gasteiger partial charge in [-0.25, -0.2) is 0 Å². The van der Waals surface area contributed by atoms with Crippen molar-refractivity contribution >= 4 is 5.69 Å². The van der Waals surface area contributed by atoms with E-state index in [1.807, 2.05) is 19.4 Å². The molecule has 3 nitrogen and oxygen atoms in total. The Balaban J connectivity index is 2.20. The third-order valence-corrected chi connectivity index (χ3v) is 2.73. The number of rotatable bonds is 4. The normalized spacial score (nSPS) is 15.6. The van der Waals surface area contributed by atoms with Crippen LogP contribution >= 0.6 is 0 Å². The monoisotopic (exact) mass is 191 g/mol. The maximum Gasteiger partial charge on any atom is 0.0598 e. The minimum atomic E-state index is 0.745. The van der Waals surface area contributed by atoms with E-state index in [0.29, 0.717) is 0 Å². The zero-order valence-corrected chi connectivity index (χ0v) is 8.83. The van der Waals surface area contributed by atoms with E-state index < -0.39 is 0 Å². The van der Waals surface area contributed by atoms with Crippen LogP contribution in [-0.2, 0) is 6.54 Å². The van der Waals surface area contributed by atoms with Gasteiger partial charge in [0.15, 0.2) is 0 Å². The smallest absolute Gasteiger partial charge is 0.0598 e. The Labute approximate surface area is 85.1 Å². The van der Waals surface area contributed by atoms with Crippen molar-refractivity contribution < 1.29 is 0 Å². The van der Waals surface area contributed by atoms with E-state index in [-0.39, 0.29) is 0 Å². The van der Waals surface area contributed by atoms with E-state index in [9.17, 15) is 0 Å². The summed E-state index contributed by atoms with van der Waals surface area (Å²) in [5.41, 5.74) is 2.60. The highest BCUT2D eigenvalue weighted by atomic mass is 15.2. The van der Waals surface area contributed by atoms with Crippen LogP contribution in [0.4, 0.5) is 5.69 Å². The first-order valence-electron chi connectivity index (χ1n) is 5.13. The Morgan fingerprint density at radius 1 is 1.57 bits per heavy atom. The molecule has 1 aliphatic carbocycles. The van der Waals surface area contributed by atoms with Gasteiger partial charge in [0.25, 0.3) is 0 Å².